The third-order valence-electron chi connectivity index (χ3n) is 4.60. The van der Waals surface area contributed by atoms with E-state index in [2.05, 4.69) is 44.5 Å². The van der Waals surface area contributed by atoms with Gasteiger partial charge < -0.3 is 19.8 Å². The molecule has 0 unspecified atom stereocenters. The van der Waals surface area contributed by atoms with Gasteiger partial charge in [0.15, 0.2) is 8.32 Å². The standard InChI is InChI=1S/C17H36N2O3Si/c1-16(2,3)21-15(20)19-11-13-9-14(12-18-10-13)22-23(7,8)17(4,5)6/h13-14,18H,9-12H2,1-8H3,(H,19,20)/t13-,14+/m1/s1. The van der Waals surface area contributed by atoms with E-state index in [0.717, 1.165) is 19.5 Å². The molecule has 1 aliphatic rings. The highest BCUT2D eigenvalue weighted by molar-refractivity contribution is 6.74. The van der Waals surface area contributed by atoms with E-state index in [9.17, 15) is 4.79 Å². The van der Waals surface area contributed by atoms with Crippen molar-refractivity contribution >= 4 is 14.4 Å². The highest BCUT2D eigenvalue weighted by Gasteiger charge is 2.40. The maximum absolute atomic E-state index is 11.8. The SMILES string of the molecule is CC(C)(C)OC(=O)NC[C@H]1CNC[C@@H](O[Si](C)(C)C(C)(C)C)C1. The van der Waals surface area contributed by atoms with E-state index in [-0.39, 0.29) is 17.2 Å². The predicted octanol–water partition coefficient (Wildman–Crippen LogP) is 3.51. The average Bonchev–Trinajstić information content (AvgIpc) is 2.33. The van der Waals surface area contributed by atoms with Crippen molar-refractivity contribution in [2.75, 3.05) is 19.6 Å². The molecule has 1 aliphatic heterocycles. The van der Waals surface area contributed by atoms with Crippen molar-refractivity contribution in [1.82, 2.24) is 10.6 Å². The van der Waals surface area contributed by atoms with Gasteiger partial charge in [0.25, 0.3) is 0 Å². The van der Waals surface area contributed by atoms with Crippen molar-refractivity contribution in [2.45, 2.75) is 77.8 Å². The quantitative estimate of drug-likeness (QED) is 0.766. The van der Waals surface area contributed by atoms with Crippen molar-refractivity contribution in [2.24, 2.45) is 5.92 Å². The lowest BCUT2D eigenvalue weighted by molar-refractivity contribution is 0.0503. The molecule has 0 aliphatic carbocycles. The molecule has 0 radical (unpaired) electrons. The Labute approximate surface area is 143 Å². The van der Waals surface area contributed by atoms with Gasteiger partial charge in [-0.05, 0) is 57.8 Å². The van der Waals surface area contributed by atoms with Gasteiger partial charge in [0, 0.05) is 13.1 Å². The van der Waals surface area contributed by atoms with E-state index in [4.69, 9.17) is 9.16 Å². The lowest BCUT2D eigenvalue weighted by Gasteiger charge is -2.41. The third kappa shape index (κ3) is 7.22. The number of carbonyl (C=O) groups is 1. The third-order valence-corrected chi connectivity index (χ3v) is 9.14. The van der Waals surface area contributed by atoms with Gasteiger partial charge in [-0.1, -0.05) is 20.8 Å². The van der Waals surface area contributed by atoms with Crippen molar-refractivity contribution in [3.8, 4) is 0 Å². The van der Waals surface area contributed by atoms with Crippen LogP contribution in [0.15, 0.2) is 0 Å². The van der Waals surface area contributed by atoms with Crippen LogP contribution in [-0.2, 0) is 9.16 Å². The molecule has 5 nitrogen and oxygen atoms in total. The molecule has 1 heterocycles. The summed E-state index contributed by atoms with van der Waals surface area (Å²) < 4.78 is 11.8. The smallest absolute Gasteiger partial charge is 0.407 e. The van der Waals surface area contributed by atoms with Crippen molar-refractivity contribution < 1.29 is 14.0 Å². The summed E-state index contributed by atoms with van der Waals surface area (Å²) in [6.07, 6.45) is 0.870. The zero-order valence-electron chi connectivity index (χ0n) is 16.2. The van der Waals surface area contributed by atoms with Crippen LogP contribution in [0.3, 0.4) is 0 Å². The van der Waals surface area contributed by atoms with Crippen molar-refractivity contribution in [1.29, 1.82) is 0 Å². The molecule has 0 aromatic rings. The van der Waals surface area contributed by atoms with Gasteiger partial charge in [0.05, 0.1) is 6.10 Å². The van der Waals surface area contributed by atoms with Crippen LogP contribution in [0.4, 0.5) is 4.79 Å². The summed E-state index contributed by atoms with van der Waals surface area (Å²) in [6.45, 7) is 19.4. The molecule has 0 aromatic heterocycles. The number of nitrogens with one attached hydrogen (secondary N) is 2. The van der Waals surface area contributed by atoms with Crippen molar-refractivity contribution in [3.05, 3.63) is 0 Å². The van der Waals surface area contributed by atoms with Crippen LogP contribution in [0.2, 0.25) is 18.1 Å². The maximum atomic E-state index is 11.8. The van der Waals surface area contributed by atoms with Crippen molar-refractivity contribution in [3.63, 3.8) is 0 Å². The second-order valence-corrected chi connectivity index (χ2v) is 13.9. The molecular formula is C17H36N2O3Si. The second kappa shape index (κ2) is 7.53. The zero-order valence-corrected chi connectivity index (χ0v) is 17.2. The summed E-state index contributed by atoms with van der Waals surface area (Å²) in [6, 6.07) is 0. The average molecular weight is 345 g/mol. The summed E-state index contributed by atoms with van der Waals surface area (Å²) in [5, 5.41) is 6.53. The molecule has 2 N–H and O–H groups in total. The Morgan fingerprint density at radius 3 is 2.30 bits per heavy atom. The molecule has 1 rings (SSSR count). The number of hydrogen-bond acceptors (Lipinski definition) is 4. The van der Waals surface area contributed by atoms with E-state index < -0.39 is 13.9 Å². The number of alkyl carbamates (subject to hydrolysis) is 1. The molecule has 0 saturated carbocycles. The first-order chi connectivity index (χ1) is 10.3. The number of hydrogen-bond donors (Lipinski definition) is 2. The minimum atomic E-state index is -1.75. The Balaban J connectivity index is 2.45. The summed E-state index contributed by atoms with van der Waals surface area (Å²) in [7, 11) is -1.75. The van der Waals surface area contributed by atoms with Gasteiger partial charge in [-0.25, -0.2) is 4.79 Å². The van der Waals surface area contributed by atoms with Gasteiger partial charge in [-0.15, -0.1) is 0 Å². The highest BCUT2D eigenvalue weighted by Crippen LogP contribution is 2.38. The van der Waals surface area contributed by atoms with Gasteiger partial charge in [-0.3, -0.25) is 0 Å². The normalized spacial score (nSPS) is 23.5. The Morgan fingerprint density at radius 2 is 1.78 bits per heavy atom. The topological polar surface area (TPSA) is 59.6 Å². The monoisotopic (exact) mass is 344 g/mol. The fraction of sp³-hybridized carbons (Fsp3) is 0.941. The number of amides is 1. The Hall–Kier alpha value is -0.593. The molecule has 0 spiro atoms. The fourth-order valence-corrected chi connectivity index (χ4v) is 3.73. The zero-order chi connectivity index (χ0) is 17.9. The molecule has 6 heteroatoms. The number of ether oxygens (including phenoxy) is 1. The van der Waals surface area contributed by atoms with Gasteiger partial charge in [-0.2, -0.15) is 0 Å². The highest BCUT2D eigenvalue weighted by atomic mass is 28.4. The molecule has 0 aromatic carbocycles. The fourth-order valence-electron chi connectivity index (χ4n) is 2.37. The molecule has 0 bridgehead atoms. The van der Waals surface area contributed by atoms with Crippen LogP contribution in [0, 0.1) is 5.92 Å². The Kier molecular flexibility index (Phi) is 6.70. The van der Waals surface area contributed by atoms with Crippen LogP contribution in [-0.4, -0.2) is 45.7 Å². The molecular weight excluding hydrogens is 308 g/mol. The maximum Gasteiger partial charge on any atom is 0.407 e. The molecule has 1 amide bonds. The lowest BCUT2D eigenvalue weighted by Crippen LogP contribution is -2.51. The van der Waals surface area contributed by atoms with Crippen LogP contribution in [0.1, 0.15) is 48.0 Å². The van der Waals surface area contributed by atoms with E-state index in [1.807, 2.05) is 20.8 Å². The van der Waals surface area contributed by atoms with E-state index in [1.165, 1.54) is 0 Å². The number of piperidine rings is 1. The number of rotatable bonds is 4. The Bertz CT molecular complexity index is 400. The predicted molar refractivity (Wildman–Crippen MR) is 97.3 cm³/mol. The molecule has 2 atom stereocenters. The molecule has 1 fully saturated rings. The summed E-state index contributed by atoms with van der Waals surface area (Å²) in [5.74, 6) is 0.381. The van der Waals surface area contributed by atoms with E-state index >= 15 is 0 Å². The second-order valence-electron chi connectivity index (χ2n) is 9.14. The summed E-state index contributed by atoms with van der Waals surface area (Å²) in [5.41, 5.74) is -0.455. The van der Waals surface area contributed by atoms with Crippen LogP contribution in [0.5, 0.6) is 0 Å². The van der Waals surface area contributed by atoms with Gasteiger partial charge >= 0.3 is 6.09 Å². The van der Waals surface area contributed by atoms with Crippen LogP contribution >= 0.6 is 0 Å². The molecule has 1 saturated heterocycles. The summed E-state index contributed by atoms with van der Waals surface area (Å²) >= 11 is 0. The first-order valence-electron chi connectivity index (χ1n) is 8.65. The minimum Gasteiger partial charge on any atom is -0.444 e. The van der Waals surface area contributed by atoms with Gasteiger partial charge in [0.1, 0.15) is 5.60 Å². The van der Waals surface area contributed by atoms with E-state index in [1.54, 1.807) is 0 Å². The van der Waals surface area contributed by atoms with Gasteiger partial charge in [0.2, 0.25) is 0 Å². The Morgan fingerprint density at radius 1 is 1.17 bits per heavy atom. The minimum absolute atomic E-state index is 0.217. The number of carbonyl (C=O) groups excluding carboxylic acids is 1. The largest absolute Gasteiger partial charge is 0.444 e. The van der Waals surface area contributed by atoms with Crippen LogP contribution in [0.25, 0.3) is 0 Å². The summed E-state index contributed by atoms with van der Waals surface area (Å²) in [4.78, 5) is 11.8. The molecule has 136 valence electrons. The molecule has 23 heavy (non-hydrogen) atoms. The van der Waals surface area contributed by atoms with E-state index in [0.29, 0.717) is 12.5 Å². The first-order valence-corrected chi connectivity index (χ1v) is 11.6. The van der Waals surface area contributed by atoms with Crippen LogP contribution < -0.4 is 10.6 Å². The lowest BCUT2D eigenvalue weighted by atomic mass is 9.98. The first kappa shape index (κ1) is 20.5.